The van der Waals surface area contributed by atoms with E-state index in [1.165, 1.54) is 0 Å². The number of aliphatic hydroxyl groups excluding tert-OH is 1. The Morgan fingerprint density at radius 1 is 1.50 bits per heavy atom. The van der Waals surface area contributed by atoms with Crippen LogP contribution >= 0.6 is 0 Å². The van der Waals surface area contributed by atoms with Gasteiger partial charge in [-0.05, 0) is 32.1 Å². The van der Waals surface area contributed by atoms with Crippen molar-refractivity contribution in [1.29, 1.82) is 0 Å². The fourth-order valence-corrected chi connectivity index (χ4v) is 1.91. The van der Waals surface area contributed by atoms with E-state index in [9.17, 15) is 4.79 Å². The van der Waals surface area contributed by atoms with E-state index in [1.54, 1.807) is 11.9 Å². The van der Waals surface area contributed by atoms with Gasteiger partial charge in [0.25, 0.3) is 0 Å². The zero-order valence-electron chi connectivity index (χ0n) is 10.3. The molecule has 0 radical (unpaired) electrons. The first-order valence-corrected chi connectivity index (χ1v) is 6.09. The van der Waals surface area contributed by atoms with Crippen LogP contribution in [-0.4, -0.2) is 48.8 Å². The zero-order valence-corrected chi connectivity index (χ0v) is 10.3. The van der Waals surface area contributed by atoms with Crippen LogP contribution in [0.15, 0.2) is 0 Å². The fourth-order valence-electron chi connectivity index (χ4n) is 1.91. The predicted octanol–water partition coefficient (Wildman–Crippen LogP) is 1.03. The minimum Gasteiger partial charge on any atom is -0.394 e. The highest BCUT2D eigenvalue weighted by molar-refractivity contribution is 5.76. The number of rotatable bonds is 5. The van der Waals surface area contributed by atoms with Crippen LogP contribution < -0.4 is 0 Å². The Bertz CT molecular complexity index is 214. The lowest BCUT2D eigenvalue weighted by Crippen LogP contribution is -2.37. The van der Waals surface area contributed by atoms with Gasteiger partial charge in [0.1, 0.15) is 0 Å². The first-order valence-electron chi connectivity index (χ1n) is 6.09. The second-order valence-corrected chi connectivity index (χ2v) is 4.63. The van der Waals surface area contributed by atoms with Crippen LogP contribution in [0.3, 0.4) is 0 Å². The smallest absolute Gasteiger partial charge is 0.222 e. The maximum atomic E-state index is 11.8. The Hall–Kier alpha value is -0.610. The first-order chi connectivity index (χ1) is 7.65. The molecule has 1 heterocycles. The van der Waals surface area contributed by atoms with E-state index >= 15 is 0 Å². The summed E-state index contributed by atoms with van der Waals surface area (Å²) >= 11 is 0. The van der Waals surface area contributed by atoms with Gasteiger partial charge in [0.15, 0.2) is 0 Å². The molecule has 1 aliphatic rings. The van der Waals surface area contributed by atoms with Crippen LogP contribution in [-0.2, 0) is 9.53 Å². The molecule has 1 fully saturated rings. The highest BCUT2D eigenvalue weighted by Crippen LogP contribution is 2.20. The monoisotopic (exact) mass is 229 g/mol. The third-order valence-corrected chi connectivity index (χ3v) is 3.43. The minimum absolute atomic E-state index is 0.0273. The summed E-state index contributed by atoms with van der Waals surface area (Å²) in [5.41, 5.74) is 0. The van der Waals surface area contributed by atoms with Crippen LogP contribution in [0, 0.1) is 5.92 Å². The van der Waals surface area contributed by atoms with Crippen LogP contribution in [0.2, 0.25) is 0 Å². The first kappa shape index (κ1) is 13.5. The number of carbonyl (C=O) groups excluding carboxylic acids is 1. The van der Waals surface area contributed by atoms with Gasteiger partial charge in [0, 0.05) is 26.7 Å². The maximum absolute atomic E-state index is 11.8. The molecule has 16 heavy (non-hydrogen) atoms. The maximum Gasteiger partial charge on any atom is 0.222 e. The summed E-state index contributed by atoms with van der Waals surface area (Å²) in [6.07, 6.45) is 3.69. The highest BCUT2D eigenvalue weighted by Gasteiger charge is 2.18. The van der Waals surface area contributed by atoms with Gasteiger partial charge in [-0.25, -0.2) is 0 Å². The van der Waals surface area contributed by atoms with Crippen molar-refractivity contribution >= 4 is 5.91 Å². The average molecular weight is 229 g/mol. The standard InChI is InChI=1S/C12H23NO3/c1-10(9-14)13(2)12(15)4-3-11-5-7-16-8-6-11/h10-11,14H,3-9H2,1-2H3. The van der Waals surface area contributed by atoms with Gasteiger partial charge in [0.05, 0.1) is 12.6 Å². The van der Waals surface area contributed by atoms with E-state index in [0.29, 0.717) is 12.3 Å². The number of aliphatic hydroxyl groups is 1. The summed E-state index contributed by atoms with van der Waals surface area (Å²) in [6.45, 7) is 3.55. The number of ether oxygens (including phenoxy) is 1. The molecule has 4 heteroatoms. The van der Waals surface area contributed by atoms with E-state index in [4.69, 9.17) is 9.84 Å². The molecule has 0 spiro atoms. The van der Waals surface area contributed by atoms with Gasteiger partial charge in [-0.1, -0.05) is 0 Å². The lowest BCUT2D eigenvalue weighted by molar-refractivity contribution is -0.132. The molecule has 1 unspecified atom stereocenters. The second-order valence-electron chi connectivity index (χ2n) is 4.63. The highest BCUT2D eigenvalue weighted by atomic mass is 16.5. The van der Waals surface area contributed by atoms with Crippen LogP contribution in [0.5, 0.6) is 0 Å². The van der Waals surface area contributed by atoms with Crippen molar-refractivity contribution in [2.24, 2.45) is 5.92 Å². The van der Waals surface area contributed by atoms with Gasteiger partial charge in [-0.2, -0.15) is 0 Å². The number of likely N-dealkylation sites (N-methyl/N-ethyl adjacent to an activating group) is 1. The molecule has 0 aromatic rings. The molecule has 1 N–H and O–H groups in total. The molecule has 0 bridgehead atoms. The largest absolute Gasteiger partial charge is 0.394 e. The topological polar surface area (TPSA) is 49.8 Å². The zero-order chi connectivity index (χ0) is 12.0. The van der Waals surface area contributed by atoms with Crippen molar-refractivity contribution in [3.05, 3.63) is 0 Å². The molecule has 1 aliphatic heterocycles. The fraction of sp³-hybridized carbons (Fsp3) is 0.917. The molecular formula is C12H23NO3. The molecule has 0 aliphatic carbocycles. The SMILES string of the molecule is CC(CO)N(C)C(=O)CCC1CCOCC1. The van der Waals surface area contributed by atoms with Crippen molar-refractivity contribution in [2.75, 3.05) is 26.9 Å². The third-order valence-electron chi connectivity index (χ3n) is 3.43. The van der Waals surface area contributed by atoms with E-state index < -0.39 is 0 Å². The Morgan fingerprint density at radius 2 is 2.12 bits per heavy atom. The van der Waals surface area contributed by atoms with Crippen molar-refractivity contribution in [3.8, 4) is 0 Å². The van der Waals surface area contributed by atoms with Crippen molar-refractivity contribution in [3.63, 3.8) is 0 Å². The lowest BCUT2D eigenvalue weighted by atomic mass is 9.94. The summed E-state index contributed by atoms with van der Waals surface area (Å²) < 4.78 is 5.28. The molecular weight excluding hydrogens is 206 g/mol. The molecule has 1 saturated heterocycles. The number of amides is 1. The molecule has 1 atom stereocenters. The van der Waals surface area contributed by atoms with E-state index in [0.717, 1.165) is 32.5 Å². The molecule has 94 valence electrons. The van der Waals surface area contributed by atoms with Crippen LogP contribution in [0.25, 0.3) is 0 Å². The molecule has 0 saturated carbocycles. The van der Waals surface area contributed by atoms with Crippen molar-refractivity contribution in [1.82, 2.24) is 4.90 Å². The number of hydrogen-bond acceptors (Lipinski definition) is 3. The number of nitrogens with zero attached hydrogens (tertiary/aromatic N) is 1. The molecule has 1 rings (SSSR count). The average Bonchev–Trinajstić information content (AvgIpc) is 2.35. The van der Waals surface area contributed by atoms with Crippen LogP contribution in [0.4, 0.5) is 0 Å². The Morgan fingerprint density at radius 3 is 2.69 bits per heavy atom. The molecule has 4 nitrogen and oxygen atoms in total. The molecule has 0 aromatic carbocycles. The van der Waals surface area contributed by atoms with E-state index in [-0.39, 0.29) is 18.6 Å². The molecule has 0 aromatic heterocycles. The Balaban J connectivity index is 2.23. The van der Waals surface area contributed by atoms with Gasteiger partial charge in [0.2, 0.25) is 5.91 Å². The van der Waals surface area contributed by atoms with Crippen LogP contribution in [0.1, 0.15) is 32.6 Å². The second kappa shape index (κ2) is 6.86. The lowest BCUT2D eigenvalue weighted by Gasteiger charge is -2.25. The predicted molar refractivity (Wildman–Crippen MR) is 62.1 cm³/mol. The Labute approximate surface area is 97.6 Å². The quantitative estimate of drug-likeness (QED) is 0.766. The van der Waals surface area contributed by atoms with Gasteiger partial charge in [-0.3, -0.25) is 4.79 Å². The normalized spacial score (nSPS) is 19.4. The summed E-state index contributed by atoms with van der Waals surface area (Å²) in [4.78, 5) is 13.4. The third kappa shape index (κ3) is 4.10. The summed E-state index contributed by atoms with van der Waals surface area (Å²) in [6, 6.07) is -0.0813. The number of carbonyl (C=O) groups is 1. The van der Waals surface area contributed by atoms with Gasteiger partial charge < -0.3 is 14.7 Å². The van der Waals surface area contributed by atoms with E-state index in [2.05, 4.69) is 0 Å². The minimum atomic E-state index is -0.0813. The molecule has 1 amide bonds. The van der Waals surface area contributed by atoms with Gasteiger partial charge in [-0.15, -0.1) is 0 Å². The van der Waals surface area contributed by atoms with E-state index in [1.807, 2.05) is 6.92 Å². The summed E-state index contributed by atoms with van der Waals surface area (Å²) in [7, 11) is 1.76. The number of hydrogen-bond donors (Lipinski definition) is 1. The van der Waals surface area contributed by atoms with Crippen molar-refractivity contribution in [2.45, 2.75) is 38.6 Å². The van der Waals surface area contributed by atoms with Crippen molar-refractivity contribution < 1.29 is 14.6 Å². The summed E-state index contributed by atoms with van der Waals surface area (Å²) in [5.74, 6) is 0.767. The summed E-state index contributed by atoms with van der Waals surface area (Å²) in [5, 5.41) is 8.96. The Kier molecular flexibility index (Phi) is 5.77. The van der Waals surface area contributed by atoms with Gasteiger partial charge >= 0.3 is 0 Å².